The van der Waals surface area contributed by atoms with Gasteiger partial charge >= 0.3 is 0 Å². The highest BCUT2D eigenvalue weighted by Crippen LogP contribution is 2.33. The molecule has 0 spiro atoms. The molecule has 4 aromatic rings. The maximum absolute atomic E-state index is 13.2. The minimum atomic E-state index is -0.0333. The van der Waals surface area contributed by atoms with Gasteiger partial charge in [0, 0.05) is 24.2 Å². The molecule has 0 aliphatic carbocycles. The van der Waals surface area contributed by atoms with Crippen LogP contribution in [0.5, 0.6) is 0 Å². The molecule has 28 heavy (non-hydrogen) atoms. The summed E-state index contributed by atoms with van der Waals surface area (Å²) in [4.78, 5) is 27.8. The van der Waals surface area contributed by atoms with Gasteiger partial charge in [0.25, 0.3) is 5.91 Å². The Balaban J connectivity index is 1.47. The maximum atomic E-state index is 13.2. The van der Waals surface area contributed by atoms with Crippen molar-refractivity contribution >= 4 is 28.0 Å². The highest BCUT2D eigenvalue weighted by Gasteiger charge is 2.33. The highest BCUT2D eigenvalue weighted by atomic mass is 16.2. The Kier molecular flexibility index (Phi) is 3.89. The number of imidazole rings is 1. The summed E-state index contributed by atoms with van der Waals surface area (Å²) in [5.74, 6) is 0.850. The third kappa shape index (κ3) is 2.66. The van der Waals surface area contributed by atoms with Crippen LogP contribution in [0, 0.1) is 0 Å². The number of rotatable bonds is 3. The van der Waals surface area contributed by atoms with Crippen LogP contribution in [0.2, 0.25) is 0 Å². The van der Waals surface area contributed by atoms with E-state index < -0.39 is 0 Å². The Morgan fingerprint density at radius 2 is 2.11 bits per heavy atom. The topological polar surface area (TPSA) is 79.7 Å². The molecule has 0 radical (unpaired) electrons. The quantitative estimate of drug-likeness (QED) is 0.590. The number of benzene rings is 1. The molecule has 1 saturated heterocycles. The van der Waals surface area contributed by atoms with Gasteiger partial charge in [-0.2, -0.15) is 5.10 Å². The number of nitrogens with zero attached hydrogens (tertiary/aromatic N) is 5. The second kappa shape index (κ2) is 6.44. The second-order valence-electron chi connectivity index (χ2n) is 7.62. The van der Waals surface area contributed by atoms with Crippen LogP contribution in [-0.2, 0) is 0 Å². The second-order valence-corrected chi connectivity index (χ2v) is 7.62. The molecule has 1 atom stereocenters. The lowest BCUT2D eigenvalue weighted by molar-refractivity contribution is 0.0730. The Labute approximate surface area is 162 Å². The van der Waals surface area contributed by atoms with Crippen LogP contribution < -0.4 is 0 Å². The average Bonchev–Trinajstić information content (AvgIpc) is 3.43. The molecular weight excluding hydrogens is 352 g/mol. The summed E-state index contributed by atoms with van der Waals surface area (Å²) < 4.78 is 1.87. The van der Waals surface area contributed by atoms with E-state index in [2.05, 4.69) is 28.9 Å². The number of fused-ring (bicyclic) bond motifs is 2. The van der Waals surface area contributed by atoms with Crippen LogP contribution in [0.1, 0.15) is 55.0 Å². The smallest absolute Gasteiger partial charge is 0.256 e. The first kappa shape index (κ1) is 16.9. The van der Waals surface area contributed by atoms with Crippen LogP contribution in [0.3, 0.4) is 0 Å². The van der Waals surface area contributed by atoms with Gasteiger partial charge in [-0.15, -0.1) is 0 Å². The van der Waals surface area contributed by atoms with Crippen LogP contribution >= 0.6 is 0 Å². The van der Waals surface area contributed by atoms with Crippen molar-refractivity contribution in [3.8, 4) is 0 Å². The predicted octanol–water partition coefficient (Wildman–Crippen LogP) is 3.87. The summed E-state index contributed by atoms with van der Waals surface area (Å²) in [7, 11) is 0. The van der Waals surface area contributed by atoms with E-state index in [-0.39, 0.29) is 18.0 Å². The molecule has 1 amide bonds. The predicted molar refractivity (Wildman–Crippen MR) is 107 cm³/mol. The van der Waals surface area contributed by atoms with Gasteiger partial charge in [0.2, 0.25) is 0 Å². The molecule has 1 aromatic carbocycles. The number of aromatic amines is 1. The molecule has 1 N–H and O–H groups in total. The standard InChI is InChI=1S/C21H22N6O/c1-13(2)27-20-14(12-23-27)10-15(11-22-20)21(28)26-9-5-8-18(26)19-24-16-6-3-4-7-17(16)25-19/h3-4,6-7,10-13,18H,5,8-9H2,1-2H3,(H,24,25)/t18-/m1/s1. The number of pyridine rings is 1. The Bertz CT molecular complexity index is 1140. The first-order chi connectivity index (χ1) is 13.6. The zero-order valence-corrected chi connectivity index (χ0v) is 16.0. The van der Waals surface area contributed by atoms with Crippen LogP contribution in [-0.4, -0.2) is 42.1 Å². The van der Waals surface area contributed by atoms with E-state index >= 15 is 0 Å². The molecule has 1 fully saturated rings. The Hall–Kier alpha value is -3.22. The normalized spacial score (nSPS) is 17.2. The number of H-pyrrole nitrogens is 1. The number of carbonyl (C=O) groups excluding carboxylic acids is 1. The molecule has 0 unspecified atom stereocenters. The van der Waals surface area contributed by atoms with Crippen molar-refractivity contribution in [3.63, 3.8) is 0 Å². The number of carbonyl (C=O) groups is 1. The molecule has 1 aliphatic rings. The third-order valence-electron chi connectivity index (χ3n) is 5.41. The molecule has 4 heterocycles. The van der Waals surface area contributed by atoms with Gasteiger partial charge in [0.1, 0.15) is 5.82 Å². The number of aromatic nitrogens is 5. The number of likely N-dealkylation sites (tertiary alicyclic amines) is 1. The maximum Gasteiger partial charge on any atom is 0.256 e. The zero-order chi connectivity index (χ0) is 19.3. The number of hydrogen-bond donors (Lipinski definition) is 1. The van der Waals surface area contributed by atoms with Gasteiger partial charge in [0.05, 0.1) is 28.8 Å². The zero-order valence-electron chi connectivity index (χ0n) is 16.0. The molecule has 7 heteroatoms. The minimum absolute atomic E-state index is 0.00495. The first-order valence-corrected chi connectivity index (χ1v) is 9.70. The lowest BCUT2D eigenvalue weighted by Gasteiger charge is -2.23. The van der Waals surface area contributed by atoms with Gasteiger partial charge in [-0.1, -0.05) is 12.1 Å². The molecule has 7 nitrogen and oxygen atoms in total. The van der Waals surface area contributed by atoms with Gasteiger partial charge < -0.3 is 9.88 Å². The van der Waals surface area contributed by atoms with Crippen molar-refractivity contribution in [2.75, 3.05) is 6.54 Å². The molecule has 0 bridgehead atoms. The van der Waals surface area contributed by atoms with Crippen molar-refractivity contribution in [2.45, 2.75) is 38.8 Å². The highest BCUT2D eigenvalue weighted by molar-refractivity contribution is 5.97. The Morgan fingerprint density at radius 1 is 1.25 bits per heavy atom. The van der Waals surface area contributed by atoms with Crippen LogP contribution in [0.25, 0.3) is 22.1 Å². The minimum Gasteiger partial charge on any atom is -0.340 e. The fourth-order valence-corrected chi connectivity index (χ4v) is 4.03. The van der Waals surface area contributed by atoms with Crippen molar-refractivity contribution in [1.82, 2.24) is 29.6 Å². The van der Waals surface area contributed by atoms with E-state index in [4.69, 9.17) is 4.98 Å². The van der Waals surface area contributed by atoms with E-state index in [1.807, 2.05) is 39.9 Å². The lowest BCUT2D eigenvalue weighted by Crippen LogP contribution is -2.31. The first-order valence-electron chi connectivity index (χ1n) is 9.70. The summed E-state index contributed by atoms with van der Waals surface area (Å²) in [6.07, 6.45) is 5.32. The van der Waals surface area contributed by atoms with Crippen LogP contribution in [0.4, 0.5) is 0 Å². The van der Waals surface area contributed by atoms with Gasteiger partial charge in [-0.3, -0.25) is 4.79 Å². The number of amides is 1. The van der Waals surface area contributed by atoms with Gasteiger partial charge in [0.15, 0.2) is 5.65 Å². The van der Waals surface area contributed by atoms with Crippen molar-refractivity contribution in [3.05, 3.63) is 54.1 Å². The van der Waals surface area contributed by atoms with E-state index in [0.717, 1.165) is 47.3 Å². The molecule has 3 aromatic heterocycles. The molecular formula is C21H22N6O. The van der Waals surface area contributed by atoms with Crippen molar-refractivity contribution < 1.29 is 4.79 Å². The van der Waals surface area contributed by atoms with E-state index in [9.17, 15) is 4.79 Å². The van der Waals surface area contributed by atoms with E-state index in [1.165, 1.54) is 0 Å². The molecule has 142 valence electrons. The van der Waals surface area contributed by atoms with E-state index in [0.29, 0.717) is 5.56 Å². The lowest BCUT2D eigenvalue weighted by atomic mass is 10.1. The summed E-state index contributed by atoms with van der Waals surface area (Å²) >= 11 is 0. The van der Waals surface area contributed by atoms with E-state index in [1.54, 1.807) is 12.4 Å². The number of hydrogen-bond acceptors (Lipinski definition) is 4. The van der Waals surface area contributed by atoms with Gasteiger partial charge in [-0.25, -0.2) is 14.6 Å². The fourth-order valence-electron chi connectivity index (χ4n) is 4.03. The van der Waals surface area contributed by atoms with Crippen molar-refractivity contribution in [1.29, 1.82) is 0 Å². The van der Waals surface area contributed by atoms with Crippen molar-refractivity contribution in [2.24, 2.45) is 0 Å². The summed E-state index contributed by atoms with van der Waals surface area (Å²) in [5.41, 5.74) is 3.34. The number of para-hydroxylation sites is 2. The van der Waals surface area contributed by atoms with Crippen LogP contribution in [0.15, 0.2) is 42.7 Å². The number of nitrogens with one attached hydrogen (secondary N) is 1. The SMILES string of the molecule is CC(C)n1ncc2cc(C(=O)N3CCC[C@@H]3c3nc4ccccc4[nH]3)cnc21. The average molecular weight is 374 g/mol. The third-order valence-corrected chi connectivity index (χ3v) is 5.41. The van der Waals surface area contributed by atoms with Gasteiger partial charge in [-0.05, 0) is 44.9 Å². The molecule has 5 rings (SSSR count). The summed E-state index contributed by atoms with van der Waals surface area (Å²) in [6, 6.07) is 10.0. The summed E-state index contributed by atoms with van der Waals surface area (Å²) in [6.45, 7) is 4.86. The fraction of sp³-hybridized carbons (Fsp3) is 0.333. The summed E-state index contributed by atoms with van der Waals surface area (Å²) in [5, 5.41) is 5.28. The molecule has 1 aliphatic heterocycles. The monoisotopic (exact) mass is 374 g/mol. The Morgan fingerprint density at radius 3 is 2.93 bits per heavy atom. The molecule has 0 saturated carbocycles. The largest absolute Gasteiger partial charge is 0.340 e.